The van der Waals surface area contributed by atoms with Crippen molar-refractivity contribution < 1.29 is 9.53 Å². The summed E-state index contributed by atoms with van der Waals surface area (Å²) >= 11 is 0. The second kappa shape index (κ2) is 9.14. The van der Waals surface area contributed by atoms with Crippen molar-refractivity contribution in [3.8, 4) is 5.75 Å². The van der Waals surface area contributed by atoms with Gasteiger partial charge in [-0.15, -0.1) is 12.4 Å². The van der Waals surface area contributed by atoms with Crippen LogP contribution in [0, 0.1) is 5.92 Å². The van der Waals surface area contributed by atoms with Crippen molar-refractivity contribution in [3.05, 3.63) is 29.8 Å². The van der Waals surface area contributed by atoms with Crippen LogP contribution in [-0.2, 0) is 4.79 Å². The van der Waals surface area contributed by atoms with Gasteiger partial charge in [0.25, 0.3) is 5.91 Å². The highest BCUT2D eigenvalue weighted by atomic mass is 35.5. The quantitative estimate of drug-likeness (QED) is 0.865. The van der Waals surface area contributed by atoms with Crippen molar-refractivity contribution in [1.82, 2.24) is 4.90 Å². The first-order chi connectivity index (χ1) is 10.6. The Balaban J connectivity index is 0.00000264. The van der Waals surface area contributed by atoms with Gasteiger partial charge in [0.1, 0.15) is 5.75 Å². The summed E-state index contributed by atoms with van der Waals surface area (Å²) in [5.41, 5.74) is 6.86. The predicted molar refractivity (Wildman–Crippen MR) is 96.2 cm³/mol. The molecule has 2 unspecified atom stereocenters. The second-order valence-electron chi connectivity index (χ2n) is 6.38. The van der Waals surface area contributed by atoms with E-state index in [9.17, 15) is 4.79 Å². The minimum Gasteiger partial charge on any atom is -0.480 e. The molecular formula is C18H29ClN2O2. The number of rotatable bonds is 6. The van der Waals surface area contributed by atoms with Gasteiger partial charge >= 0.3 is 0 Å². The van der Waals surface area contributed by atoms with E-state index in [0.717, 1.165) is 30.8 Å². The molecule has 130 valence electrons. The third-order valence-corrected chi connectivity index (χ3v) is 4.39. The van der Waals surface area contributed by atoms with Gasteiger partial charge in [-0.2, -0.15) is 0 Å². The number of ether oxygens (including phenoxy) is 1. The Labute approximate surface area is 145 Å². The molecule has 2 rings (SSSR count). The van der Waals surface area contributed by atoms with Crippen molar-refractivity contribution in [2.45, 2.75) is 45.6 Å². The molecule has 2 atom stereocenters. The van der Waals surface area contributed by atoms with Gasteiger partial charge in [-0.25, -0.2) is 0 Å². The average Bonchev–Trinajstić information content (AvgIpc) is 3.01. The third-order valence-electron chi connectivity index (χ3n) is 4.39. The Kier molecular flexibility index (Phi) is 7.86. The van der Waals surface area contributed by atoms with Crippen LogP contribution in [0.25, 0.3) is 0 Å². The first kappa shape index (κ1) is 19.8. The van der Waals surface area contributed by atoms with E-state index in [0.29, 0.717) is 24.8 Å². The topological polar surface area (TPSA) is 55.6 Å². The molecule has 0 bridgehead atoms. The van der Waals surface area contributed by atoms with Crippen molar-refractivity contribution in [1.29, 1.82) is 0 Å². The molecule has 1 aromatic carbocycles. The molecule has 1 amide bonds. The molecule has 0 saturated carbocycles. The largest absolute Gasteiger partial charge is 0.480 e. The van der Waals surface area contributed by atoms with Gasteiger partial charge in [-0.05, 0) is 42.9 Å². The lowest BCUT2D eigenvalue weighted by Gasteiger charge is -2.25. The molecule has 0 radical (unpaired) electrons. The number of benzene rings is 1. The van der Waals surface area contributed by atoms with Gasteiger partial charge < -0.3 is 15.4 Å². The highest BCUT2D eigenvalue weighted by Gasteiger charge is 2.31. The number of halogens is 1. The number of amides is 1. The minimum atomic E-state index is -0.406. The van der Waals surface area contributed by atoms with Crippen molar-refractivity contribution in [3.63, 3.8) is 0 Å². The maximum absolute atomic E-state index is 12.7. The standard InChI is InChI=1S/C18H28N2O2.ClH/c1-4-16(18(21)20-10-9-14(11-19)12-20)22-17-8-6-5-7-15(17)13(2)3;/h5-8,13-14,16H,4,9-12,19H2,1-3H3;1H. The Bertz CT molecular complexity index is 508. The van der Waals surface area contributed by atoms with E-state index < -0.39 is 6.10 Å². The zero-order valence-electron chi connectivity index (χ0n) is 14.3. The van der Waals surface area contributed by atoms with Crippen molar-refractivity contribution >= 4 is 18.3 Å². The minimum absolute atomic E-state index is 0. The number of nitrogens with two attached hydrogens (primary N) is 1. The Morgan fingerprint density at radius 3 is 2.65 bits per heavy atom. The molecule has 5 heteroatoms. The summed E-state index contributed by atoms with van der Waals surface area (Å²) in [4.78, 5) is 14.6. The normalized spacial score (nSPS) is 18.7. The summed E-state index contributed by atoms with van der Waals surface area (Å²) in [6, 6.07) is 7.99. The zero-order chi connectivity index (χ0) is 16.1. The summed E-state index contributed by atoms with van der Waals surface area (Å²) < 4.78 is 6.08. The number of hydrogen-bond donors (Lipinski definition) is 1. The second-order valence-corrected chi connectivity index (χ2v) is 6.38. The van der Waals surface area contributed by atoms with E-state index in [-0.39, 0.29) is 18.3 Å². The summed E-state index contributed by atoms with van der Waals surface area (Å²) in [6.45, 7) is 8.48. The lowest BCUT2D eigenvalue weighted by molar-refractivity contribution is -0.137. The Morgan fingerprint density at radius 1 is 1.39 bits per heavy atom. The lowest BCUT2D eigenvalue weighted by atomic mass is 10.0. The van der Waals surface area contributed by atoms with Crippen LogP contribution in [-0.4, -0.2) is 36.5 Å². The number of likely N-dealkylation sites (tertiary alicyclic amines) is 1. The number of hydrogen-bond acceptors (Lipinski definition) is 3. The molecule has 1 heterocycles. The van der Waals surface area contributed by atoms with Gasteiger partial charge in [0, 0.05) is 13.1 Å². The number of nitrogens with zero attached hydrogens (tertiary/aromatic N) is 1. The van der Waals surface area contributed by atoms with E-state index in [4.69, 9.17) is 10.5 Å². The van der Waals surface area contributed by atoms with Crippen molar-refractivity contribution in [2.75, 3.05) is 19.6 Å². The van der Waals surface area contributed by atoms with Crippen LogP contribution in [0.5, 0.6) is 5.75 Å². The summed E-state index contributed by atoms with van der Waals surface area (Å²) in [6.07, 6.45) is 1.27. The fraction of sp³-hybridized carbons (Fsp3) is 0.611. The molecule has 1 aromatic rings. The van der Waals surface area contributed by atoms with Crippen LogP contribution in [0.3, 0.4) is 0 Å². The van der Waals surface area contributed by atoms with Gasteiger partial charge in [0.2, 0.25) is 0 Å². The zero-order valence-corrected chi connectivity index (χ0v) is 15.1. The molecule has 1 aliphatic rings. The Hall–Kier alpha value is -1.26. The molecule has 0 spiro atoms. The molecule has 2 N–H and O–H groups in total. The van der Waals surface area contributed by atoms with E-state index in [1.807, 2.05) is 30.0 Å². The molecule has 4 nitrogen and oxygen atoms in total. The Morgan fingerprint density at radius 2 is 2.09 bits per heavy atom. The first-order valence-electron chi connectivity index (χ1n) is 8.31. The van der Waals surface area contributed by atoms with E-state index in [2.05, 4.69) is 19.9 Å². The summed E-state index contributed by atoms with van der Waals surface area (Å²) in [5.74, 6) is 1.73. The molecule has 1 fully saturated rings. The summed E-state index contributed by atoms with van der Waals surface area (Å²) in [5, 5.41) is 0. The van der Waals surface area contributed by atoms with E-state index >= 15 is 0 Å². The smallest absolute Gasteiger partial charge is 0.263 e. The van der Waals surface area contributed by atoms with Crippen LogP contribution in [0.2, 0.25) is 0 Å². The number of para-hydroxylation sites is 1. The molecule has 0 aliphatic carbocycles. The van der Waals surface area contributed by atoms with Crippen LogP contribution in [0.1, 0.15) is 45.1 Å². The van der Waals surface area contributed by atoms with Gasteiger partial charge in [-0.3, -0.25) is 4.79 Å². The van der Waals surface area contributed by atoms with E-state index in [1.165, 1.54) is 0 Å². The lowest BCUT2D eigenvalue weighted by Crippen LogP contribution is -2.41. The van der Waals surface area contributed by atoms with Crippen LogP contribution >= 0.6 is 12.4 Å². The van der Waals surface area contributed by atoms with Crippen LogP contribution in [0.4, 0.5) is 0 Å². The van der Waals surface area contributed by atoms with Gasteiger partial charge in [0.15, 0.2) is 6.10 Å². The van der Waals surface area contributed by atoms with Crippen LogP contribution < -0.4 is 10.5 Å². The molecule has 23 heavy (non-hydrogen) atoms. The van der Waals surface area contributed by atoms with Gasteiger partial charge in [-0.1, -0.05) is 39.0 Å². The molecule has 0 aromatic heterocycles. The SMILES string of the molecule is CCC(Oc1ccccc1C(C)C)C(=O)N1CCC(CN)C1.Cl. The third kappa shape index (κ3) is 4.85. The van der Waals surface area contributed by atoms with Crippen molar-refractivity contribution in [2.24, 2.45) is 11.7 Å². The maximum atomic E-state index is 12.7. The highest BCUT2D eigenvalue weighted by Crippen LogP contribution is 2.28. The van der Waals surface area contributed by atoms with Gasteiger partial charge in [0.05, 0.1) is 0 Å². The monoisotopic (exact) mass is 340 g/mol. The average molecular weight is 341 g/mol. The fourth-order valence-electron chi connectivity index (χ4n) is 2.96. The fourth-order valence-corrected chi connectivity index (χ4v) is 2.96. The molecular weight excluding hydrogens is 312 g/mol. The maximum Gasteiger partial charge on any atom is 0.263 e. The summed E-state index contributed by atoms with van der Waals surface area (Å²) in [7, 11) is 0. The van der Waals surface area contributed by atoms with Crippen LogP contribution in [0.15, 0.2) is 24.3 Å². The first-order valence-corrected chi connectivity index (χ1v) is 8.31. The molecule has 1 aliphatic heterocycles. The number of carbonyl (C=O) groups is 1. The number of carbonyl (C=O) groups excluding carboxylic acids is 1. The van der Waals surface area contributed by atoms with E-state index in [1.54, 1.807) is 0 Å². The molecule has 1 saturated heterocycles. The predicted octanol–water partition coefficient (Wildman–Crippen LogP) is 3.20. The highest BCUT2D eigenvalue weighted by molar-refractivity contribution is 5.85.